The Morgan fingerprint density at radius 2 is 1.94 bits per heavy atom. The average molecular weight is 273 g/mol. The van der Waals surface area contributed by atoms with Crippen LogP contribution in [0.2, 0.25) is 10.0 Å². The van der Waals surface area contributed by atoms with Crippen molar-refractivity contribution in [3.8, 4) is 0 Å². The summed E-state index contributed by atoms with van der Waals surface area (Å²) in [6.07, 6.45) is 6.42. The van der Waals surface area contributed by atoms with Gasteiger partial charge in [0.15, 0.2) is 0 Å². The molecular weight excluding hydrogens is 255 g/mol. The summed E-state index contributed by atoms with van der Waals surface area (Å²) in [4.78, 5) is 0. The van der Waals surface area contributed by atoms with Gasteiger partial charge in [-0.1, -0.05) is 55.0 Å². The van der Waals surface area contributed by atoms with Crippen molar-refractivity contribution in [1.82, 2.24) is 5.43 Å². The van der Waals surface area contributed by atoms with Crippen molar-refractivity contribution in [3.05, 3.63) is 33.8 Å². The summed E-state index contributed by atoms with van der Waals surface area (Å²) in [5.74, 6) is 6.43. The molecule has 0 spiro atoms. The van der Waals surface area contributed by atoms with Crippen LogP contribution in [-0.4, -0.2) is 0 Å². The zero-order valence-electron chi connectivity index (χ0n) is 9.76. The van der Waals surface area contributed by atoms with Crippen molar-refractivity contribution in [2.45, 2.75) is 38.1 Å². The van der Waals surface area contributed by atoms with E-state index in [0.717, 1.165) is 17.9 Å². The van der Waals surface area contributed by atoms with Crippen molar-refractivity contribution >= 4 is 23.2 Å². The van der Waals surface area contributed by atoms with E-state index >= 15 is 0 Å². The number of halogens is 2. The van der Waals surface area contributed by atoms with Gasteiger partial charge in [0.2, 0.25) is 0 Å². The van der Waals surface area contributed by atoms with Crippen molar-refractivity contribution in [1.29, 1.82) is 0 Å². The molecule has 2 rings (SSSR count). The standard InChI is InChI=1S/C13H18Cl2N2/c14-11-6-5-10(8-12(11)15)13(17-16)7-9-3-1-2-4-9/h5-6,8-9,13,17H,1-4,7,16H2. The Labute approximate surface area is 112 Å². The minimum Gasteiger partial charge on any atom is -0.271 e. The fraction of sp³-hybridized carbons (Fsp3) is 0.538. The fourth-order valence-corrected chi connectivity index (χ4v) is 2.92. The third-order valence-electron chi connectivity index (χ3n) is 3.59. The van der Waals surface area contributed by atoms with E-state index in [9.17, 15) is 0 Å². The molecule has 94 valence electrons. The Balaban J connectivity index is 2.08. The monoisotopic (exact) mass is 272 g/mol. The first-order valence-corrected chi connectivity index (χ1v) is 6.87. The third-order valence-corrected chi connectivity index (χ3v) is 4.33. The molecule has 1 fully saturated rings. The van der Waals surface area contributed by atoms with E-state index in [0.29, 0.717) is 10.0 Å². The number of nitrogens with two attached hydrogens (primary N) is 1. The molecule has 1 aromatic rings. The Kier molecular flexibility index (Phi) is 4.69. The molecular formula is C13H18Cl2N2. The summed E-state index contributed by atoms with van der Waals surface area (Å²) in [5.41, 5.74) is 4.01. The van der Waals surface area contributed by atoms with E-state index < -0.39 is 0 Å². The first kappa shape index (κ1) is 13.2. The lowest BCUT2D eigenvalue weighted by Crippen LogP contribution is -2.29. The Bertz CT molecular complexity index is 376. The van der Waals surface area contributed by atoms with Gasteiger partial charge in [-0.15, -0.1) is 0 Å². The van der Waals surface area contributed by atoms with E-state index in [4.69, 9.17) is 29.0 Å². The van der Waals surface area contributed by atoms with Crippen LogP contribution >= 0.6 is 23.2 Å². The highest BCUT2D eigenvalue weighted by atomic mass is 35.5. The summed E-state index contributed by atoms with van der Waals surface area (Å²) in [7, 11) is 0. The number of benzene rings is 1. The predicted molar refractivity (Wildman–Crippen MR) is 73.1 cm³/mol. The normalized spacial score (nSPS) is 18.5. The summed E-state index contributed by atoms with van der Waals surface area (Å²) in [5, 5.41) is 1.18. The molecule has 1 atom stereocenters. The van der Waals surface area contributed by atoms with Crippen LogP contribution in [0.1, 0.15) is 43.7 Å². The summed E-state index contributed by atoms with van der Waals surface area (Å²) in [6.45, 7) is 0. The van der Waals surface area contributed by atoms with Crippen molar-refractivity contribution < 1.29 is 0 Å². The third kappa shape index (κ3) is 3.35. The molecule has 0 saturated heterocycles. The van der Waals surface area contributed by atoms with Crippen LogP contribution in [0.5, 0.6) is 0 Å². The molecule has 0 bridgehead atoms. The summed E-state index contributed by atoms with van der Waals surface area (Å²) in [6, 6.07) is 5.91. The molecule has 0 amide bonds. The van der Waals surface area contributed by atoms with Crippen molar-refractivity contribution in [2.75, 3.05) is 0 Å². The first-order valence-electron chi connectivity index (χ1n) is 6.12. The zero-order valence-corrected chi connectivity index (χ0v) is 11.3. The van der Waals surface area contributed by atoms with Gasteiger partial charge >= 0.3 is 0 Å². The van der Waals surface area contributed by atoms with Crippen LogP contribution in [0.3, 0.4) is 0 Å². The maximum absolute atomic E-state index is 6.03. The maximum atomic E-state index is 6.03. The predicted octanol–water partition coefficient (Wildman–Crippen LogP) is 4.08. The van der Waals surface area contributed by atoms with Crippen LogP contribution in [0, 0.1) is 5.92 Å². The molecule has 1 aromatic carbocycles. The summed E-state index contributed by atoms with van der Waals surface area (Å²) < 4.78 is 0. The topological polar surface area (TPSA) is 38.0 Å². The van der Waals surface area contributed by atoms with Gasteiger partial charge in [-0.2, -0.15) is 0 Å². The van der Waals surface area contributed by atoms with Crippen LogP contribution in [0.4, 0.5) is 0 Å². The SMILES string of the molecule is NNC(CC1CCCC1)c1ccc(Cl)c(Cl)c1. The van der Waals surface area contributed by atoms with Gasteiger partial charge in [0.1, 0.15) is 0 Å². The lowest BCUT2D eigenvalue weighted by Gasteiger charge is -2.20. The Hall–Kier alpha value is -0.280. The van der Waals surface area contributed by atoms with Gasteiger partial charge in [-0.3, -0.25) is 11.3 Å². The van der Waals surface area contributed by atoms with Gasteiger partial charge in [-0.25, -0.2) is 0 Å². The van der Waals surface area contributed by atoms with Gasteiger partial charge in [-0.05, 0) is 30.0 Å². The maximum Gasteiger partial charge on any atom is 0.0595 e. The smallest absolute Gasteiger partial charge is 0.0595 e. The van der Waals surface area contributed by atoms with Gasteiger partial charge < -0.3 is 0 Å². The molecule has 0 radical (unpaired) electrons. The molecule has 0 heterocycles. The molecule has 1 aliphatic rings. The largest absolute Gasteiger partial charge is 0.271 e. The second-order valence-corrected chi connectivity index (χ2v) is 5.59. The molecule has 0 aliphatic heterocycles. The molecule has 1 aliphatic carbocycles. The van der Waals surface area contributed by atoms with Crippen LogP contribution < -0.4 is 11.3 Å². The molecule has 4 heteroatoms. The molecule has 0 aromatic heterocycles. The first-order chi connectivity index (χ1) is 8.20. The lowest BCUT2D eigenvalue weighted by molar-refractivity contribution is 0.400. The minimum atomic E-state index is 0.174. The van der Waals surface area contributed by atoms with E-state index in [1.165, 1.54) is 25.7 Å². The quantitative estimate of drug-likeness (QED) is 0.640. The number of hydrogen-bond acceptors (Lipinski definition) is 2. The van der Waals surface area contributed by atoms with Gasteiger partial charge in [0.05, 0.1) is 10.0 Å². The number of hydrazine groups is 1. The van der Waals surface area contributed by atoms with E-state index in [1.54, 1.807) is 0 Å². The number of nitrogens with one attached hydrogen (secondary N) is 1. The van der Waals surface area contributed by atoms with Crippen LogP contribution in [-0.2, 0) is 0 Å². The Morgan fingerprint density at radius 3 is 2.53 bits per heavy atom. The van der Waals surface area contributed by atoms with E-state index in [2.05, 4.69) is 5.43 Å². The molecule has 1 saturated carbocycles. The van der Waals surface area contributed by atoms with E-state index in [1.807, 2.05) is 18.2 Å². The van der Waals surface area contributed by atoms with Gasteiger partial charge in [0.25, 0.3) is 0 Å². The minimum absolute atomic E-state index is 0.174. The van der Waals surface area contributed by atoms with Crippen LogP contribution in [0.15, 0.2) is 18.2 Å². The molecule has 2 nitrogen and oxygen atoms in total. The highest BCUT2D eigenvalue weighted by molar-refractivity contribution is 6.42. The molecule has 1 unspecified atom stereocenters. The van der Waals surface area contributed by atoms with Crippen molar-refractivity contribution in [3.63, 3.8) is 0 Å². The Morgan fingerprint density at radius 1 is 1.24 bits per heavy atom. The van der Waals surface area contributed by atoms with Crippen molar-refractivity contribution in [2.24, 2.45) is 11.8 Å². The van der Waals surface area contributed by atoms with Crippen LogP contribution in [0.25, 0.3) is 0 Å². The number of rotatable bonds is 4. The second kappa shape index (κ2) is 6.05. The van der Waals surface area contributed by atoms with E-state index in [-0.39, 0.29) is 6.04 Å². The molecule has 17 heavy (non-hydrogen) atoms. The molecule has 3 N–H and O–H groups in total. The highest BCUT2D eigenvalue weighted by Crippen LogP contribution is 2.34. The zero-order chi connectivity index (χ0) is 12.3. The second-order valence-electron chi connectivity index (χ2n) is 4.78. The lowest BCUT2D eigenvalue weighted by atomic mass is 9.94. The highest BCUT2D eigenvalue weighted by Gasteiger charge is 2.20. The fourth-order valence-electron chi connectivity index (χ4n) is 2.61. The summed E-state index contributed by atoms with van der Waals surface area (Å²) >= 11 is 11.9. The van der Waals surface area contributed by atoms with Gasteiger partial charge in [0, 0.05) is 6.04 Å². The average Bonchev–Trinajstić information content (AvgIpc) is 2.82. The number of hydrogen-bond donors (Lipinski definition) is 2.